The average Bonchev–Trinajstić information content (AvgIpc) is 2.64. The Morgan fingerprint density at radius 3 is 2.80 bits per heavy atom. The first-order valence-electron chi connectivity index (χ1n) is 5.69. The van der Waals surface area contributed by atoms with Crippen molar-refractivity contribution in [1.29, 1.82) is 0 Å². The molecule has 1 aliphatic heterocycles. The van der Waals surface area contributed by atoms with E-state index in [0.717, 1.165) is 25.8 Å². The maximum atomic E-state index is 11.8. The van der Waals surface area contributed by atoms with Crippen molar-refractivity contribution in [2.24, 2.45) is 0 Å². The first kappa shape index (κ1) is 12.5. The normalized spacial score (nSPS) is 24.1. The van der Waals surface area contributed by atoms with E-state index in [4.69, 9.17) is 0 Å². The minimum Gasteiger partial charge on any atom is -0.392 e. The van der Waals surface area contributed by atoms with Gasteiger partial charge in [0.25, 0.3) is 0 Å². The molecule has 1 heterocycles. The highest BCUT2D eigenvalue weighted by atomic mass is 16.3. The van der Waals surface area contributed by atoms with Gasteiger partial charge in [-0.05, 0) is 25.8 Å². The zero-order valence-corrected chi connectivity index (χ0v) is 9.94. The Hall–Kier alpha value is -0.610. The molecule has 0 bridgehead atoms. The molecule has 0 saturated carbocycles. The summed E-state index contributed by atoms with van der Waals surface area (Å²) in [5.41, 5.74) is 0. The SMILES string of the molecule is CCC(O)CN1CCCC1C(=O)N(C)C. The predicted octanol–water partition coefficient (Wildman–Crippen LogP) is 0.310. The molecule has 1 amide bonds. The van der Waals surface area contributed by atoms with E-state index in [0.29, 0.717) is 6.54 Å². The minimum atomic E-state index is -0.305. The lowest BCUT2D eigenvalue weighted by molar-refractivity contribution is -0.133. The summed E-state index contributed by atoms with van der Waals surface area (Å²) < 4.78 is 0. The quantitative estimate of drug-likeness (QED) is 0.732. The molecular weight excluding hydrogens is 192 g/mol. The van der Waals surface area contributed by atoms with Gasteiger partial charge in [-0.1, -0.05) is 6.92 Å². The molecule has 0 radical (unpaired) electrons. The molecule has 1 aliphatic rings. The fourth-order valence-corrected chi connectivity index (χ4v) is 2.02. The molecule has 2 atom stereocenters. The molecule has 1 saturated heterocycles. The van der Waals surface area contributed by atoms with Gasteiger partial charge in [0.1, 0.15) is 0 Å². The number of amides is 1. The van der Waals surface area contributed by atoms with Crippen molar-refractivity contribution in [1.82, 2.24) is 9.80 Å². The lowest BCUT2D eigenvalue weighted by Crippen LogP contribution is -2.45. The molecule has 4 nitrogen and oxygen atoms in total. The van der Waals surface area contributed by atoms with Crippen LogP contribution in [0.25, 0.3) is 0 Å². The van der Waals surface area contributed by atoms with E-state index in [-0.39, 0.29) is 18.1 Å². The van der Waals surface area contributed by atoms with Crippen molar-refractivity contribution in [3.8, 4) is 0 Å². The standard InChI is InChI=1S/C11H22N2O2/c1-4-9(14)8-13-7-5-6-10(13)11(15)12(2)3/h9-10,14H,4-8H2,1-3H3. The van der Waals surface area contributed by atoms with Gasteiger partial charge >= 0.3 is 0 Å². The van der Waals surface area contributed by atoms with E-state index in [1.807, 2.05) is 6.92 Å². The number of rotatable bonds is 4. The molecule has 1 rings (SSSR count). The van der Waals surface area contributed by atoms with E-state index < -0.39 is 0 Å². The highest BCUT2D eigenvalue weighted by molar-refractivity contribution is 5.81. The zero-order chi connectivity index (χ0) is 11.4. The largest absolute Gasteiger partial charge is 0.392 e. The van der Waals surface area contributed by atoms with Crippen LogP contribution in [0, 0.1) is 0 Å². The van der Waals surface area contributed by atoms with Gasteiger partial charge in [0, 0.05) is 20.6 Å². The minimum absolute atomic E-state index is 0.0128. The smallest absolute Gasteiger partial charge is 0.239 e. The van der Waals surface area contributed by atoms with Gasteiger partial charge in [0.2, 0.25) is 5.91 Å². The third kappa shape index (κ3) is 3.18. The summed E-state index contributed by atoms with van der Waals surface area (Å²) in [4.78, 5) is 15.6. The van der Waals surface area contributed by atoms with Crippen LogP contribution in [0.15, 0.2) is 0 Å². The second-order valence-electron chi connectivity index (χ2n) is 4.45. The first-order chi connectivity index (χ1) is 7.06. The number of nitrogens with zero attached hydrogens (tertiary/aromatic N) is 2. The number of likely N-dealkylation sites (N-methyl/N-ethyl adjacent to an activating group) is 1. The van der Waals surface area contributed by atoms with Crippen LogP contribution in [-0.4, -0.2) is 60.1 Å². The van der Waals surface area contributed by atoms with Crippen molar-refractivity contribution >= 4 is 5.91 Å². The number of aliphatic hydroxyl groups excluding tert-OH is 1. The molecule has 0 aromatic heterocycles. The fraction of sp³-hybridized carbons (Fsp3) is 0.909. The summed E-state index contributed by atoms with van der Waals surface area (Å²) in [5.74, 6) is 0.163. The van der Waals surface area contributed by atoms with Crippen molar-refractivity contribution in [3.63, 3.8) is 0 Å². The van der Waals surface area contributed by atoms with Crippen LogP contribution < -0.4 is 0 Å². The molecule has 4 heteroatoms. The Labute approximate surface area is 91.9 Å². The highest BCUT2D eigenvalue weighted by Crippen LogP contribution is 2.19. The number of carbonyl (C=O) groups is 1. The second-order valence-corrected chi connectivity index (χ2v) is 4.45. The Morgan fingerprint density at radius 1 is 1.60 bits per heavy atom. The average molecular weight is 214 g/mol. The van der Waals surface area contributed by atoms with E-state index in [1.165, 1.54) is 0 Å². The molecule has 0 spiro atoms. The van der Waals surface area contributed by atoms with Crippen LogP contribution in [0.5, 0.6) is 0 Å². The van der Waals surface area contributed by atoms with Gasteiger partial charge < -0.3 is 10.0 Å². The predicted molar refractivity (Wildman–Crippen MR) is 59.6 cm³/mol. The topological polar surface area (TPSA) is 43.8 Å². The molecule has 88 valence electrons. The summed E-state index contributed by atoms with van der Waals surface area (Å²) in [6.45, 7) is 3.52. The Morgan fingerprint density at radius 2 is 2.27 bits per heavy atom. The monoisotopic (exact) mass is 214 g/mol. The van der Waals surface area contributed by atoms with Crippen LogP contribution in [0.3, 0.4) is 0 Å². The molecular formula is C11H22N2O2. The van der Waals surface area contributed by atoms with E-state index >= 15 is 0 Å². The third-order valence-electron chi connectivity index (χ3n) is 3.01. The summed E-state index contributed by atoms with van der Waals surface area (Å²) in [5, 5.41) is 9.59. The Kier molecular flexibility index (Phi) is 4.54. The van der Waals surface area contributed by atoms with E-state index in [2.05, 4.69) is 4.90 Å². The summed E-state index contributed by atoms with van der Waals surface area (Å²) in [6, 6.07) is -0.0128. The Balaban J connectivity index is 2.53. The van der Waals surface area contributed by atoms with Crippen LogP contribution in [0.1, 0.15) is 26.2 Å². The van der Waals surface area contributed by atoms with E-state index in [1.54, 1.807) is 19.0 Å². The molecule has 0 aliphatic carbocycles. The van der Waals surface area contributed by atoms with Gasteiger partial charge in [-0.3, -0.25) is 9.69 Å². The van der Waals surface area contributed by atoms with Crippen LogP contribution >= 0.6 is 0 Å². The number of likely N-dealkylation sites (tertiary alicyclic amines) is 1. The van der Waals surface area contributed by atoms with Gasteiger partial charge in [-0.25, -0.2) is 0 Å². The maximum Gasteiger partial charge on any atom is 0.239 e. The first-order valence-corrected chi connectivity index (χ1v) is 5.69. The van der Waals surface area contributed by atoms with Crippen LogP contribution in [-0.2, 0) is 4.79 Å². The number of hydrogen-bond acceptors (Lipinski definition) is 3. The van der Waals surface area contributed by atoms with Gasteiger partial charge in [0.15, 0.2) is 0 Å². The second kappa shape index (κ2) is 5.47. The fourth-order valence-electron chi connectivity index (χ4n) is 2.02. The highest BCUT2D eigenvalue weighted by Gasteiger charge is 2.32. The van der Waals surface area contributed by atoms with Crippen LogP contribution in [0.4, 0.5) is 0 Å². The summed E-state index contributed by atoms with van der Waals surface area (Å²) >= 11 is 0. The molecule has 2 unspecified atom stereocenters. The number of hydrogen-bond donors (Lipinski definition) is 1. The van der Waals surface area contributed by atoms with Crippen molar-refractivity contribution in [3.05, 3.63) is 0 Å². The van der Waals surface area contributed by atoms with E-state index in [9.17, 15) is 9.90 Å². The van der Waals surface area contributed by atoms with Crippen molar-refractivity contribution < 1.29 is 9.90 Å². The van der Waals surface area contributed by atoms with Gasteiger partial charge in [-0.15, -0.1) is 0 Å². The lowest BCUT2D eigenvalue weighted by atomic mass is 10.2. The van der Waals surface area contributed by atoms with Gasteiger partial charge in [0.05, 0.1) is 12.1 Å². The zero-order valence-electron chi connectivity index (χ0n) is 9.94. The molecule has 1 N–H and O–H groups in total. The molecule has 0 aromatic rings. The maximum absolute atomic E-state index is 11.8. The van der Waals surface area contributed by atoms with Crippen molar-refractivity contribution in [2.75, 3.05) is 27.2 Å². The lowest BCUT2D eigenvalue weighted by Gasteiger charge is -2.27. The molecule has 1 fully saturated rings. The van der Waals surface area contributed by atoms with Crippen LogP contribution in [0.2, 0.25) is 0 Å². The number of aliphatic hydroxyl groups is 1. The van der Waals surface area contributed by atoms with Gasteiger partial charge in [-0.2, -0.15) is 0 Å². The Bertz CT molecular complexity index is 219. The molecule has 15 heavy (non-hydrogen) atoms. The summed E-state index contributed by atoms with van der Waals surface area (Å²) in [7, 11) is 3.57. The number of carbonyl (C=O) groups excluding carboxylic acids is 1. The third-order valence-corrected chi connectivity index (χ3v) is 3.01. The summed E-state index contributed by atoms with van der Waals surface area (Å²) in [6.07, 6.45) is 2.42. The molecule has 0 aromatic carbocycles. The van der Waals surface area contributed by atoms with Crippen molar-refractivity contribution in [2.45, 2.75) is 38.3 Å². The number of β-amino-alcohol motifs (C(OH)–C–C–N with tert-alkyl or cyclic N) is 1.